The molecule has 0 aliphatic carbocycles. The van der Waals surface area contributed by atoms with Gasteiger partial charge in [-0.05, 0) is 26.0 Å². The summed E-state index contributed by atoms with van der Waals surface area (Å²) in [5.41, 5.74) is 9.13. The molecule has 0 saturated heterocycles. The van der Waals surface area contributed by atoms with Crippen LogP contribution in [0, 0.1) is 12.3 Å². The van der Waals surface area contributed by atoms with Gasteiger partial charge in [0.15, 0.2) is 0 Å². The molecule has 82 valence electrons. The average Bonchev–Trinajstić information content (AvgIpc) is 2.52. The fourth-order valence-electron chi connectivity index (χ4n) is 1.79. The van der Waals surface area contributed by atoms with Gasteiger partial charge in [-0.15, -0.1) is 0 Å². The molecule has 1 amide bonds. The molecule has 0 fully saturated rings. The maximum atomic E-state index is 11.8. The van der Waals surface area contributed by atoms with Crippen molar-refractivity contribution in [3.63, 3.8) is 0 Å². The van der Waals surface area contributed by atoms with Crippen molar-refractivity contribution >= 4 is 23.0 Å². The highest BCUT2D eigenvalue weighted by atomic mass is 16.2. The molecule has 1 aromatic rings. The Kier molecular flexibility index (Phi) is 2.27. The van der Waals surface area contributed by atoms with Crippen LogP contribution in [-0.2, 0) is 4.79 Å². The second-order valence-corrected chi connectivity index (χ2v) is 3.92. The Morgan fingerprint density at radius 3 is 2.75 bits per heavy atom. The summed E-state index contributed by atoms with van der Waals surface area (Å²) in [6.07, 6.45) is 0. The Balaban J connectivity index is 2.68. The number of rotatable bonds is 1. The molecule has 0 aromatic heterocycles. The third-order valence-electron chi connectivity index (χ3n) is 2.70. The van der Waals surface area contributed by atoms with E-state index in [1.165, 1.54) is 0 Å². The maximum absolute atomic E-state index is 11.8. The van der Waals surface area contributed by atoms with Gasteiger partial charge in [0, 0.05) is 16.8 Å². The molecule has 4 heteroatoms. The van der Waals surface area contributed by atoms with Gasteiger partial charge in [0.1, 0.15) is 5.84 Å². The van der Waals surface area contributed by atoms with Gasteiger partial charge in [-0.1, -0.05) is 11.6 Å². The highest BCUT2D eigenvalue weighted by Crippen LogP contribution is 2.34. The standard InChI is InChI=1S/C12H13N3O/c1-6-3-4-9-8(5-6)10(12(16)15-9)7(2)11(13)14/h3-5H,1-2H3,(H3,13,14)(H,15,16)/b10-7-. The van der Waals surface area contributed by atoms with Gasteiger partial charge in [-0.3, -0.25) is 10.2 Å². The zero-order valence-electron chi connectivity index (χ0n) is 9.22. The number of hydrogen-bond donors (Lipinski definition) is 3. The molecule has 0 unspecified atom stereocenters. The van der Waals surface area contributed by atoms with Crippen molar-refractivity contribution in [3.05, 3.63) is 34.9 Å². The van der Waals surface area contributed by atoms with Crippen molar-refractivity contribution in [1.82, 2.24) is 0 Å². The van der Waals surface area contributed by atoms with E-state index < -0.39 is 0 Å². The molecule has 1 aliphatic rings. The number of amidine groups is 1. The number of aryl methyl sites for hydroxylation is 1. The van der Waals surface area contributed by atoms with Crippen LogP contribution >= 0.6 is 0 Å². The van der Waals surface area contributed by atoms with E-state index in [-0.39, 0.29) is 11.7 Å². The summed E-state index contributed by atoms with van der Waals surface area (Å²) in [5, 5.41) is 10.2. The second kappa shape index (κ2) is 3.48. The fourth-order valence-corrected chi connectivity index (χ4v) is 1.79. The normalized spacial score (nSPS) is 16.8. The topological polar surface area (TPSA) is 79.0 Å². The Labute approximate surface area is 93.7 Å². The van der Waals surface area contributed by atoms with E-state index in [0.29, 0.717) is 11.1 Å². The number of benzene rings is 1. The highest BCUT2D eigenvalue weighted by molar-refractivity contribution is 6.35. The molecule has 0 bridgehead atoms. The summed E-state index contributed by atoms with van der Waals surface area (Å²) in [7, 11) is 0. The zero-order chi connectivity index (χ0) is 11.9. The monoisotopic (exact) mass is 215 g/mol. The number of anilines is 1. The first kappa shape index (κ1) is 10.4. The van der Waals surface area contributed by atoms with Crippen LogP contribution in [-0.4, -0.2) is 11.7 Å². The Morgan fingerprint density at radius 2 is 2.12 bits per heavy atom. The fraction of sp³-hybridized carbons (Fsp3) is 0.167. The van der Waals surface area contributed by atoms with Crippen molar-refractivity contribution in [2.75, 3.05) is 5.32 Å². The Morgan fingerprint density at radius 1 is 1.44 bits per heavy atom. The van der Waals surface area contributed by atoms with Crippen LogP contribution in [0.5, 0.6) is 0 Å². The van der Waals surface area contributed by atoms with Gasteiger partial charge in [0.25, 0.3) is 5.91 Å². The maximum Gasteiger partial charge on any atom is 0.256 e. The molecular weight excluding hydrogens is 202 g/mol. The summed E-state index contributed by atoms with van der Waals surface area (Å²) in [4.78, 5) is 11.8. The van der Waals surface area contributed by atoms with E-state index in [1.54, 1.807) is 6.92 Å². The zero-order valence-corrected chi connectivity index (χ0v) is 9.22. The first-order valence-electron chi connectivity index (χ1n) is 4.98. The predicted molar refractivity (Wildman–Crippen MR) is 64.3 cm³/mol. The molecule has 1 heterocycles. The molecule has 4 nitrogen and oxygen atoms in total. The van der Waals surface area contributed by atoms with Gasteiger partial charge < -0.3 is 11.1 Å². The van der Waals surface area contributed by atoms with Crippen LogP contribution < -0.4 is 11.1 Å². The van der Waals surface area contributed by atoms with E-state index in [2.05, 4.69) is 5.32 Å². The molecule has 1 aromatic carbocycles. The minimum atomic E-state index is -0.187. The highest BCUT2D eigenvalue weighted by Gasteiger charge is 2.26. The van der Waals surface area contributed by atoms with Crippen LogP contribution in [0.4, 0.5) is 5.69 Å². The number of nitrogens with one attached hydrogen (secondary N) is 2. The quantitative estimate of drug-likeness (QED) is 0.378. The largest absolute Gasteiger partial charge is 0.384 e. The van der Waals surface area contributed by atoms with E-state index in [9.17, 15) is 4.79 Å². The van der Waals surface area contributed by atoms with Crippen molar-refractivity contribution in [2.45, 2.75) is 13.8 Å². The predicted octanol–water partition coefficient (Wildman–Crippen LogP) is 1.66. The number of amides is 1. The van der Waals surface area contributed by atoms with E-state index in [1.807, 2.05) is 25.1 Å². The molecule has 2 rings (SSSR count). The minimum Gasteiger partial charge on any atom is -0.384 e. The lowest BCUT2D eigenvalue weighted by Gasteiger charge is -2.03. The first-order valence-corrected chi connectivity index (χ1v) is 4.98. The number of nitrogens with two attached hydrogens (primary N) is 1. The number of carbonyl (C=O) groups excluding carboxylic acids is 1. The third kappa shape index (κ3) is 1.48. The molecule has 0 atom stereocenters. The average molecular weight is 215 g/mol. The van der Waals surface area contributed by atoms with E-state index in [0.717, 1.165) is 16.8 Å². The molecule has 0 radical (unpaired) electrons. The van der Waals surface area contributed by atoms with Gasteiger partial charge >= 0.3 is 0 Å². The van der Waals surface area contributed by atoms with E-state index in [4.69, 9.17) is 11.1 Å². The van der Waals surface area contributed by atoms with Crippen molar-refractivity contribution < 1.29 is 4.79 Å². The van der Waals surface area contributed by atoms with Crippen LogP contribution in [0.1, 0.15) is 18.1 Å². The molecule has 0 spiro atoms. The number of fused-ring (bicyclic) bond motifs is 1. The van der Waals surface area contributed by atoms with Crippen molar-refractivity contribution in [3.8, 4) is 0 Å². The molecule has 1 aliphatic heterocycles. The van der Waals surface area contributed by atoms with Crippen LogP contribution in [0.15, 0.2) is 23.8 Å². The van der Waals surface area contributed by atoms with E-state index >= 15 is 0 Å². The lowest BCUT2D eigenvalue weighted by atomic mass is 10.00. The molecule has 0 saturated carbocycles. The molecule has 16 heavy (non-hydrogen) atoms. The molecule has 4 N–H and O–H groups in total. The van der Waals surface area contributed by atoms with Crippen LogP contribution in [0.25, 0.3) is 5.57 Å². The summed E-state index contributed by atoms with van der Waals surface area (Å²) in [6, 6.07) is 5.73. The summed E-state index contributed by atoms with van der Waals surface area (Å²) < 4.78 is 0. The minimum absolute atomic E-state index is 0.0699. The third-order valence-corrected chi connectivity index (χ3v) is 2.70. The van der Waals surface area contributed by atoms with Gasteiger partial charge in [-0.25, -0.2) is 0 Å². The van der Waals surface area contributed by atoms with Gasteiger partial charge in [-0.2, -0.15) is 0 Å². The summed E-state index contributed by atoms with van der Waals surface area (Å²) in [6.45, 7) is 3.65. The Bertz CT molecular complexity index is 529. The van der Waals surface area contributed by atoms with Crippen molar-refractivity contribution in [1.29, 1.82) is 5.41 Å². The number of hydrogen-bond acceptors (Lipinski definition) is 2. The Hall–Kier alpha value is -2.10. The van der Waals surface area contributed by atoms with Crippen LogP contribution in [0.2, 0.25) is 0 Å². The van der Waals surface area contributed by atoms with Gasteiger partial charge in [0.2, 0.25) is 0 Å². The smallest absolute Gasteiger partial charge is 0.256 e. The lowest BCUT2D eigenvalue weighted by Crippen LogP contribution is -2.15. The first-order chi connectivity index (χ1) is 7.50. The van der Waals surface area contributed by atoms with Crippen LogP contribution in [0.3, 0.4) is 0 Å². The number of carbonyl (C=O) groups is 1. The SMILES string of the molecule is C/C(C(=N)N)=C1/C(=O)Nc2ccc(C)cc21. The van der Waals surface area contributed by atoms with Crippen molar-refractivity contribution in [2.24, 2.45) is 5.73 Å². The molecular formula is C12H13N3O. The second-order valence-electron chi connectivity index (χ2n) is 3.92. The summed E-state index contributed by atoms with van der Waals surface area (Å²) >= 11 is 0. The lowest BCUT2D eigenvalue weighted by molar-refractivity contribution is -0.110. The summed E-state index contributed by atoms with van der Waals surface area (Å²) in [5.74, 6) is -0.257. The van der Waals surface area contributed by atoms with Gasteiger partial charge in [0.05, 0.1) is 5.57 Å².